The van der Waals surface area contributed by atoms with Gasteiger partial charge in [0.2, 0.25) is 5.91 Å². The first-order chi connectivity index (χ1) is 30.0. The summed E-state index contributed by atoms with van der Waals surface area (Å²) >= 11 is 12.2. The van der Waals surface area contributed by atoms with Crippen LogP contribution in [-0.4, -0.2) is 51.6 Å². The van der Waals surface area contributed by atoms with Gasteiger partial charge in [-0.2, -0.15) is 5.26 Å². The number of carboxylic acid groups (broad SMARTS) is 2. The fourth-order valence-electron chi connectivity index (χ4n) is 7.73. The zero-order valence-electron chi connectivity index (χ0n) is 33.1. The van der Waals surface area contributed by atoms with Crippen molar-refractivity contribution >= 4 is 41.0 Å². The molecule has 0 aliphatic carbocycles. The quantitative estimate of drug-likeness (QED) is 0.102. The zero-order chi connectivity index (χ0) is 43.3. The molecule has 0 fully saturated rings. The molecule has 13 heteroatoms. The third-order valence-electron chi connectivity index (χ3n) is 11.1. The van der Waals surface area contributed by atoms with Gasteiger partial charge in [0.1, 0.15) is 25.0 Å². The Morgan fingerprint density at radius 3 is 2.21 bits per heavy atom. The smallest absolute Gasteiger partial charge is 0.336 e. The number of aliphatic carboxylic acids is 1. The monoisotopic (exact) mass is 867 g/mol. The fourth-order valence-corrected chi connectivity index (χ4v) is 8.05. The van der Waals surface area contributed by atoms with Crippen molar-refractivity contribution in [3.8, 4) is 34.4 Å². The lowest BCUT2D eigenvalue weighted by Crippen LogP contribution is -2.54. The second-order valence-electron chi connectivity index (χ2n) is 15.2. The topological polar surface area (TPSA) is 158 Å². The molecule has 0 spiro atoms. The van der Waals surface area contributed by atoms with E-state index >= 15 is 0 Å². The van der Waals surface area contributed by atoms with E-state index in [0.29, 0.717) is 50.6 Å². The van der Waals surface area contributed by atoms with E-state index in [0.717, 1.165) is 33.4 Å². The second-order valence-corrected chi connectivity index (χ2v) is 16.0. The maximum Gasteiger partial charge on any atom is 0.336 e. The van der Waals surface area contributed by atoms with Gasteiger partial charge in [-0.05, 0) is 106 Å². The summed E-state index contributed by atoms with van der Waals surface area (Å²) in [6.07, 6.45) is -0.162. The van der Waals surface area contributed by atoms with Crippen LogP contribution in [0, 0.1) is 11.3 Å². The summed E-state index contributed by atoms with van der Waals surface area (Å²) in [6.45, 7) is 0.926. The number of nitrogens with zero attached hydrogens (tertiary/aromatic N) is 2. The third-order valence-corrected chi connectivity index (χ3v) is 11.8. The summed E-state index contributed by atoms with van der Waals surface area (Å²) in [6, 6.07) is 37.9. The van der Waals surface area contributed by atoms with Crippen LogP contribution in [-0.2, 0) is 42.1 Å². The molecule has 0 radical (unpaired) electrons. The number of nitriles is 1. The molecule has 62 heavy (non-hydrogen) atoms. The third kappa shape index (κ3) is 9.54. The van der Waals surface area contributed by atoms with Gasteiger partial charge in [0.05, 0.1) is 33.3 Å². The van der Waals surface area contributed by atoms with E-state index in [1.807, 2.05) is 83.8 Å². The lowest BCUT2D eigenvalue weighted by atomic mass is 9.91. The lowest BCUT2D eigenvalue weighted by molar-refractivity contribution is -0.142. The van der Waals surface area contributed by atoms with Crippen molar-refractivity contribution in [2.24, 2.45) is 0 Å². The Bertz CT molecular complexity index is 2680. The summed E-state index contributed by atoms with van der Waals surface area (Å²) in [5.41, 5.74) is 7.17. The van der Waals surface area contributed by atoms with E-state index in [2.05, 4.69) is 11.4 Å². The minimum absolute atomic E-state index is 0.0359. The number of halogens is 2. The number of carbonyl (C=O) groups excluding carboxylic acids is 1. The summed E-state index contributed by atoms with van der Waals surface area (Å²) in [7, 11) is 0. The number of fused-ring (bicyclic) bond motifs is 2. The molecule has 2 aliphatic rings. The van der Waals surface area contributed by atoms with E-state index in [-0.39, 0.29) is 38.1 Å². The van der Waals surface area contributed by atoms with Crippen LogP contribution in [0.3, 0.4) is 0 Å². The van der Waals surface area contributed by atoms with Gasteiger partial charge in [0.25, 0.3) is 0 Å². The molecule has 0 bridgehead atoms. The molecular weight excluding hydrogens is 829 g/mol. The number of benzene rings is 6. The summed E-state index contributed by atoms with van der Waals surface area (Å²) in [4.78, 5) is 40.9. The second kappa shape index (κ2) is 18.4. The van der Waals surface area contributed by atoms with Crippen LogP contribution in [0.5, 0.6) is 17.2 Å². The molecule has 3 atom stereocenters. The first-order valence-electron chi connectivity index (χ1n) is 19.8. The van der Waals surface area contributed by atoms with Crippen LogP contribution in [0.1, 0.15) is 55.4 Å². The molecule has 6 aromatic rings. The number of hydrogen-bond acceptors (Lipinski definition) is 8. The number of carbonyl (C=O) groups is 3. The highest BCUT2D eigenvalue weighted by Gasteiger charge is 2.36. The largest absolute Gasteiger partial charge is 0.489 e. The Balaban J connectivity index is 0.988. The molecule has 3 N–H and O–H groups in total. The lowest BCUT2D eigenvalue weighted by Gasteiger charge is -2.38. The normalized spacial score (nSPS) is 16.0. The predicted octanol–water partition coefficient (Wildman–Crippen LogP) is 9.06. The van der Waals surface area contributed by atoms with Gasteiger partial charge in [-0.15, -0.1) is 0 Å². The van der Waals surface area contributed by atoms with Gasteiger partial charge in [-0.3, -0.25) is 9.69 Å². The molecule has 312 valence electrons. The minimum Gasteiger partial charge on any atom is -0.489 e. The first kappa shape index (κ1) is 41.9. The highest BCUT2D eigenvalue weighted by Crippen LogP contribution is 2.41. The average molecular weight is 869 g/mol. The number of hydrogen-bond donors (Lipinski definition) is 3. The van der Waals surface area contributed by atoms with Crippen LogP contribution >= 0.6 is 23.2 Å². The number of carboxylic acids is 2. The van der Waals surface area contributed by atoms with Crippen LogP contribution in [0.2, 0.25) is 10.0 Å². The van der Waals surface area contributed by atoms with E-state index < -0.39 is 36.0 Å². The number of amides is 1. The van der Waals surface area contributed by atoms with Crippen molar-refractivity contribution < 1.29 is 38.8 Å². The van der Waals surface area contributed by atoms with E-state index in [4.69, 9.17) is 42.7 Å². The van der Waals surface area contributed by atoms with Crippen molar-refractivity contribution in [1.29, 1.82) is 5.26 Å². The van der Waals surface area contributed by atoms with Crippen LogP contribution in [0.25, 0.3) is 11.1 Å². The summed E-state index contributed by atoms with van der Waals surface area (Å²) in [5.74, 6) is -1.05. The highest BCUT2D eigenvalue weighted by atomic mass is 35.5. The van der Waals surface area contributed by atoms with Crippen LogP contribution < -0.4 is 19.5 Å². The van der Waals surface area contributed by atoms with E-state index in [9.17, 15) is 24.6 Å². The maximum atomic E-state index is 14.2. The van der Waals surface area contributed by atoms with Crippen LogP contribution in [0.15, 0.2) is 127 Å². The fraction of sp³-hybridized carbons (Fsp3) is 0.184. The van der Waals surface area contributed by atoms with Gasteiger partial charge < -0.3 is 29.7 Å². The molecule has 2 aliphatic heterocycles. The van der Waals surface area contributed by atoms with E-state index in [1.165, 1.54) is 6.07 Å². The number of ether oxygens (including phenoxy) is 3. The molecule has 6 aromatic carbocycles. The van der Waals surface area contributed by atoms with Crippen molar-refractivity contribution in [3.05, 3.63) is 182 Å². The van der Waals surface area contributed by atoms with Gasteiger partial charge in [-0.1, -0.05) is 96.0 Å². The van der Waals surface area contributed by atoms with Crippen molar-refractivity contribution in [2.75, 3.05) is 6.61 Å². The molecular formula is C49H39Cl2N3O8. The zero-order valence-corrected chi connectivity index (χ0v) is 34.6. The maximum absolute atomic E-state index is 14.2. The van der Waals surface area contributed by atoms with Gasteiger partial charge in [0, 0.05) is 19.5 Å². The highest BCUT2D eigenvalue weighted by molar-refractivity contribution is 6.42. The molecule has 8 rings (SSSR count). The molecule has 0 saturated heterocycles. The molecule has 11 nitrogen and oxygen atoms in total. The van der Waals surface area contributed by atoms with E-state index in [1.54, 1.807) is 42.5 Å². The van der Waals surface area contributed by atoms with Crippen molar-refractivity contribution in [2.45, 2.75) is 50.7 Å². The molecule has 1 amide bonds. The predicted molar refractivity (Wildman–Crippen MR) is 233 cm³/mol. The van der Waals surface area contributed by atoms with Crippen LogP contribution in [0.4, 0.5) is 0 Å². The minimum atomic E-state index is -1.24. The van der Waals surface area contributed by atoms with Gasteiger partial charge >= 0.3 is 11.9 Å². The number of aromatic carboxylic acids is 1. The Morgan fingerprint density at radius 1 is 0.823 bits per heavy atom. The number of nitrogens with one attached hydrogen (secondary N) is 1. The van der Waals surface area contributed by atoms with Crippen molar-refractivity contribution in [3.63, 3.8) is 0 Å². The Morgan fingerprint density at radius 2 is 1.52 bits per heavy atom. The summed E-state index contributed by atoms with van der Waals surface area (Å²) < 4.78 is 18.7. The Hall–Kier alpha value is -6.84. The average Bonchev–Trinajstić information content (AvgIpc) is 3.28. The first-order valence-corrected chi connectivity index (χ1v) is 20.6. The Kier molecular flexibility index (Phi) is 12.4. The molecule has 2 heterocycles. The van der Waals surface area contributed by atoms with Gasteiger partial charge in [-0.25, -0.2) is 9.59 Å². The standard InChI is InChI=1S/C49H39Cl2N3O8/c50-40-18-9-31(19-41(40)51)27-60-38-16-14-34(15-17-38)46-28-61-44-22-36-21-43(54(26-37(36)23-45(44)62-46)25-35-3-1-2-4-39(35)48(56)57)47(55)53-42(49(58)59)20-29-5-10-32(11-6-29)33-12-7-30(24-52)8-13-33/h1-19,22-23,42-43,46H,20-21,25-28H2,(H,53,55)(H,56,57)(H,58,59)/t42-,43-,46?/m0/s1. The SMILES string of the molecule is N#Cc1ccc(-c2ccc(C[C@H](NC(=O)[C@@H]3Cc4cc5c(cc4CN3Cc3ccccc3C(=O)O)OC(c3ccc(OCc4ccc(Cl)c(Cl)c4)cc3)CO5)C(=O)O)cc2)cc1. The van der Waals surface area contributed by atoms with Crippen molar-refractivity contribution in [1.82, 2.24) is 10.2 Å². The summed E-state index contributed by atoms with van der Waals surface area (Å²) in [5, 5.41) is 33.1. The Labute approximate surface area is 367 Å². The molecule has 0 aromatic heterocycles. The molecule has 1 unspecified atom stereocenters. The molecule has 0 saturated carbocycles. The van der Waals surface area contributed by atoms with Gasteiger partial charge in [0.15, 0.2) is 17.6 Å². The number of rotatable bonds is 13.